The molecule has 0 heterocycles. The molecular weight excluding hydrogens is 271 g/mol. The Morgan fingerprint density at radius 3 is 2.45 bits per heavy atom. The van der Waals surface area contributed by atoms with E-state index in [1.54, 1.807) is 18.2 Å². The van der Waals surface area contributed by atoms with Gasteiger partial charge in [-0.05, 0) is 40.6 Å². The Bertz CT molecular complexity index is 790. The fourth-order valence-corrected chi connectivity index (χ4v) is 2.32. The first-order valence-corrected chi connectivity index (χ1v) is 6.72. The van der Waals surface area contributed by atoms with Crippen LogP contribution in [0.2, 0.25) is 5.02 Å². The minimum Gasteiger partial charge on any atom is -0.206 e. The molecule has 3 aromatic rings. The van der Waals surface area contributed by atoms with E-state index in [0.717, 1.165) is 5.56 Å². The van der Waals surface area contributed by atoms with Gasteiger partial charge in [0.25, 0.3) is 0 Å². The van der Waals surface area contributed by atoms with Gasteiger partial charge in [0, 0.05) is 10.6 Å². The van der Waals surface area contributed by atoms with Gasteiger partial charge in [-0.2, -0.15) is 0 Å². The van der Waals surface area contributed by atoms with Crippen LogP contribution in [0.1, 0.15) is 11.1 Å². The molecule has 0 amide bonds. The van der Waals surface area contributed by atoms with E-state index in [1.165, 1.54) is 16.8 Å². The Morgan fingerprint density at radius 2 is 1.60 bits per heavy atom. The number of fused-ring (bicyclic) bond motifs is 1. The highest BCUT2D eigenvalue weighted by molar-refractivity contribution is 6.30. The highest BCUT2D eigenvalue weighted by atomic mass is 35.5. The van der Waals surface area contributed by atoms with Gasteiger partial charge in [-0.1, -0.05) is 60.2 Å². The van der Waals surface area contributed by atoms with Crippen molar-refractivity contribution in [1.82, 2.24) is 0 Å². The van der Waals surface area contributed by atoms with E-state index in [-0.39, 0.29) is 5.82 Å². The zero-order valence-corrected chi connectivity index (χ0v) is 11.4. The van der Waals surface area contributed by atoms with Crippen molar-refractivity contribution in [2.75, 3.05) is 0 Å². The van der Waals surface area contributed by atoms with Crippen molar-refractivity contribution >= 4 is 34.5 Å². The van der Waals surface area contributed by atoms with Crippen molar-refractivity contribution in [3.8, 4) is 0 Å². The van der Waals surface area contributed by atoms with Crippen LogP contribution in [0, 0.1) is 5.82 Å². The first-order valence-electron chi connectivity index (χ1n) is 6.34. The third-order valence-corrected chi connectivity index (χ3v) is 3.42. The van der Waals surface area contributed by atoms with Gasteiger partial charge < -0.3 is 0 Å². The molecule has 0 aliphatic rings. The molecule has 0 unspecified atom stereocenters. The van der Waals surface area contributed by atoms with Gasteiger partial charge >= 0.3 is 0 Å². The number of halogens is 2. The van der Waals surface area contributed by atoms with Crippen molar-refractivity contribution in [2.24, 2.45) is 0 Å². The lowest BCUT2D eigenvalue weighted by atomic mass is 10.1. The highest BCUT2D eigenvalue weighted by Gasteiger charge is 1.99. The maximum absolute atomic E-state index is 13.6. The Hall–Kier alpha value is -2.12. The molecule has 0 atom stereocenters. The standard InChI is InChI=1S/C18H12ClF/c19-17-9-10-18(20)16(12-17)8-6-13-5-7-14-3-1-2-4-15(14)11-13/h1-12H/b8-6+. The molecule has 2 heteroatoms. The van der Waals surface area contributed by atoms with E-state index < -0.39 is 0 Å². The van der Waals surface area contributed by atoms with Crippen LogP contribution < -0.4 is 0 Å². The zero-order valence-electron chi connectivity index (χ0n) is 10.7. The molecular formula is C18H12ClF. The van der Waals surface area contributed by atoms with E-state index >= 15 is 0 Å². The summed E-state index contributed by atoms with van der Waals surface area (Å²) in [4.78, 5) is 0. The lowest BCUT2D eigenvalue weighted by Gasteiger charge is -2.00. The Labute approximate surface area is 122 Å². The predicted molar refractivity (Wildman–Crippen MR) is 84.3 cm³/mol. The average Bonchev–Trinajstić information content (AvgIpc) is 2.48. The van der Waals surface area contributed by atoms with Gasteiger partial charge in [0.1, 0.15) is 5.82 Å². The lowest BCUT2D eigenvalue weighted by molar-refractivity contribution is 0.625. The molecule has 0 nitrogen and oxygen atoms in total. The summed E-state index contributed by atoms with van der Waals surface area (Å²) in [5.74, 6) is -0.272. The van der Waals surface area contributed by atoms with Gasteiger partial charge in [0.15, 0.2) is 0 Å². The van der Waals surface area contributed by atoms with Crippen LogP contribution in [0.4, 0.5) is 4.39 Å². The summed E-state index contributed by atoms with van der Waals surface area (Å²) in [6, 6.07) is 18.8. The second-order valence-corrected chi connectivity index (χ2v) is 5.04. The molecule has 0 bridgehead atoms. The third-order valence-electron chi connectivity index (χ3n) is 3.19. The van der Waals surface area contributed by atoms with Gasteiger partial charge in [-0.3, -0.25) is 0 Å². The topological polar surface area (TPSA) is 0 Å². The smallest absolute Gasteiger partial charge is 0.130 e. The summed E-state index contributed by atoms with van der Waals surface area (Å²) in [6.45, 7) is 0. The van der Waals surface area contributed by atoms with Crippen LogP contribution in [-0.2, 0) is 0 Å². The number of rotatable bonds is 2. The molecule has 0 aliphatic carbocycles. The highest BCUT2D eigenvalue weighted by Crippen LogP contribution is 2.20. The second-order valence-electron chi connectivity index (χ2n) is 4.61. The van der Waals surface area contributed by atoms with Crippen molar-refractivity contribution in [2.45, 2.75) is 0 Å². The average molecular weight is 283 g/mol. The molecule has 0 saturated carbocycles. The maximum Gasteiger partial charge on any atom is 0.130 e. The molecule has 98 valence electrons. The Morgan fingerprint density at radius 1 is 0.800 bits per heavy atom. The Balaban J connectivity index is 1.96. The van der Waals surface area contributed by atoms with E-state index in [1.807, 2.05) is 24.3 Å². The maximum atomic E-state index is 13.6. The number of benzene rings is 3. The van der Waals surface area contributed by atoms with Crippen LogP contribution in [0.3, 0.4) is 0 Å². The molecule has 3 rings (SSSR count). The summed E-state index contributed by atoms with van der Waals surface area (Å²) >= 11 is 5.88. The Kier molecular flexibility index (Phi) is 3.53. The molecule has 3 aromatic carbocycles. The van der Waals surface area contributed by atoms with Crippen LogP contribution in [-0.4, -0.2) is 0 Å². The van der Waals surface area contributed by atoms with E-state index in [0.29, 0.717) is 10.6 Å². The molecule has 0 radical (unpaired) electrons. The van der Waals surface area contributed by atoms with Gasteiger partial charge in [0.05, 0.1) is 0 Å². The molecule has 0 saturated heterocycles. The van der Waals surface area contributed by atoms with Gasteiger partial charge in [0.2, 0.25) is 0 Å². The molecule has 0 aliphatic heterocycles. The van der Waals surface area contributed by atoms with Gasteiger partial charge in [-0.25, -0.2) is 4.39 Å². The summed E-state index contributed by atoms with van der Waals surface area (Å²) in [6.07, 6.45) is 3.63. The minimum absolute atomic E-state index is 0.272. The first kappa shape index (κ1) is 12.9. The summed E-state index contributed by atoms with van der Waals surface area (Å²) in [5.41, 5.74) is 1.52. The van der Waals surface area contributed by atoms with Crippen LogP contribution in [0.5, 0.6) is 0 Å². The van der Waals surface area contributed by atoms with Crippen LogP contribution in [0.15, 0.2) is 60.7 Å². The van der Waals surface area contributed by atoms with Crippen molar-refractivity contribution in [3.63, 3.8) is 0 Å². The normalized spacial score (nSPS) is 11.3. The summed E-state index contributed by atoms with van der Waals surface area (Å²) in [7, 11) is 0. The van der Waals surface area contributed by atoms with Gasteiger partial charge in [-0.15, -0.1) is 0 Å². The SMILES string of the molecule is Fc1ccc(Cl)cc1/C=C/c1ccc2ccccc2c1. The summed E-state index contributed by atoms with van der Waals surface area (Å²) < 4.78 is 13.6. The zero-order chi connectivity index (χ0) is 13.9. The molecule has 0 spiro atoms. The number of hydrogen-bond acceptors (Lipinski definition) is 0. The van der Waals surface area contributed by atoms with E-state index in [2.05, 4.69) is 24.3 Å². The largest absolute Gasteiger partial charge is 0.206 e. The fraction of sp³-hybridized carbons (Fsp3) is 0. The molecule has 0 fully saturated rings. The van der Waals surface area contributed by atoms with Crippen molar-refractivity contribution in [3.05, 3.63) is 82.6 Å². The first-order chi connectivity index (χ1) is 9.72. The quantitative estimate of drug-likeness (QED) is 0.521. The second kappa shape index (κ2) is 5.48. The van der Waals surface area contributed by atoms with E-state index in [9.17, 15) is 4.39 Å². The minimum atomic E-state index is -0.272. The van der Waals surface area contributed by atoms with Crippen LogP contribution in [0.25, 0.3) is 22.9 Å². The third kappa shape index (κ3) is 2.73. The monoisotopic (exact) mass is 282 g/mol. The number of hydrogen-bond donors (Lipinski definition) is 0. The lowest BCUT2D eigenvalue weighted by Crippen LogP contribution is -1.81. The fourth-order valence-electron chi connectivity index (χ4n) is 2.14. The summed E-state index contributed by atoms with van der Waals surface area (Å²) in [5, 5.41) is 2.89. The van der Waals surface area contributed by atoms with Crippen molar-refractivity contribution in [1.29, 1.82) is 0 Å². The molecule has 0 aromatic heterocycles. The molecule has 20 heavy (non-hydrogen) atoms. The predicted octanol–water partition coefficient (Wildman–Crippen LogP) is 5.80. The van der Waals surface area contributed by atoms with Crippen molar-refractivity contribution < 1.29 is 4.39 Å². The van der Waals surface area contributed by atoms with Crippen LogP contribution >= 0.6 is 11.6 Å². The van der Waals surface area contributed by atoms with E-state index in [4.69, 9.17) is 11.6 Å². The molecule has 0 N–H and O–H groups in total.